The highest BCUT2D eigenvalue weighted by Gasteiger charge is 2.15. The van der Waals surface area contributed by atoms with Gasteiger partial charge >= 0.3 is 6.03 Å². The third kappa shape index (κ3) is 7.15. The third-order valence-corrected chi connectivity index (χ3v) is 5.38. The second-order valence-electron chi connectivity index (χ2n) is 7.69. The van der Waals surface area contributed by atoms with Gasteiger partial charge < -0.3 is 20.4 Å². The normalized spacial score (nSPS) is 17.2. The molecule has 1 fully saturated rings. The van der Waals surface area contributed by atoms with Gasteiger partial charge in [0.05, 0.1) is 0 Å². The van der Waals surface area contributed by atoms with Crippen molar-refractivity contribution < 1.29 is 9.59 Å². The van der Waals surface area contributed by atoms with Gasteiger partial charge in [-0.25, -0.2) is 4.79 Å². The number of likely N-dealkylation sites (tertiary alicyclic amines) is 1. The number of urea groups is 1. The molecule has 1 unspecified atom stereocenters. The number of hydrogen-bond acceptors (Lipinski definition) is 3. The Labute approximate surface area is 169 Å². The van der Waals surface area contributed by atoms with Gasteiger partial charge in [0.25, 0.3) is 5.91 Å². The van der Waals surface area contributed by atoms with E-state index in [-0.39, 0.29) is 11.9 Å². The summed E-state index contributed by atoms with van der Waals surface area (Å²) in [7, 11) is 0. The summed E-state index contributed by atoms with van der Waals surface area (Å²) in [6, 6.07) is 7.31. The molecule has 0 aliphatic carbocycles. The predicted molar refractivity (Wildman–Crippen MR) is 113 cm³/mol. The molecule has 28 heavy (non-hydrogen) atoms. The standard InChI is InChI=1S/C22H36N4O2/c1-4-26(5-2)21(27)20-11-9-19(10-12-20)16-24-22(28)23-13-7-15-25-14-6-8-18(3)17-25/h9-12,18H,4-8,13-17H2,1-3H3,(H2,23,24,28). The Balaban J connectivity index is 1.65. The van der Waals surface area contributed by atoms with Crippen LogP contribution in [-0.4, -0.2) is 61.0 Å². The number of carbonyl (C=O) groups is 2. The maximum atomic E-state index is 12.3. The Morgan fingerprint density at radius 1 is 1.14 bits per heavy atom. The first-order valence-corrected chi connectivity index (χ1v) is 10.7. The van der Waals surface area contributed by atoms with Crippen LogP contribution in [0.1, 0.15) is 56.0 Å². The van der Waals surface area contributed by atoms with Gasteiger partial charge in [0, 0.05) is 38.3 Å². The van der Waals surface area contributed by atoms with Crippen LogP contribution in [0.5, 0.6) is 0 Å². The van der Waals surface area contributed by atoms with Gasteiger partial charge in [-0.3, -0.25) is 4.79 Å². The van der Waals surface area contributed by atoms with Crippen molar-refractivity contribution in [2.24, 2.45) is 5.92 Å². The van der Waals surface area contributed by atoms with E-state index >= 15 is 0 Å². The Bertz CT molecular complexity index is 613. The highest BCUT2D eigenvalue weighted by atomic mass is 16.2. The van der Waals surface area contributed by atoms with Gasteiger partial charge in [0.15, 0.2) is 0 Å². The SMILES string of the molecule is CCN(CC)C(=O)c1ccc(CNC(=O)NCCCN2CCCC(C)C2)cc1. The molecule has 3 amide bonds. The van der Waals surface area contributed by atoms with E-state index in [4.69, 9.17) is 0 Å². The minimum Gasteiger partial charge on any atom is -0.339 e. The van der Waals surface area contributed by atoms with E-state index in [1.807, 2.05) is 38.1 Å². The Morgan fingerprint density at radius 2 is 1.86 bits per heavy atom. The minimum atomic E-state index is -0.143. The van der Waals surface area contributed by atoms with Gasteiger partial charge in [-0.1, -0.05) is 19.1 Å². The lowest BCUT2D eigenvalue weighted by Crippen LogP contribution is -2.38. The number of nitrogens with zero attached hydrogens (tertiary/aromatic N) is 2. The average molecular weight is 389 g/mol. The van der Waals surface area contributed by atoms with Crippen molar-refractivity contribution in [3.05, 3.63) is 35.4 Å². The number of nitrogens with one attached hydrogen (secondary N) is 2. The van der Waals surface area contributed by atoms with Crippen molar-refractivity contribution in [3.8, 4) is 0 Å². The molecule has 2 N–H and O–H groups in total. The number of amides is 3. The summed E-state index contributed by atoms with van der Waals surface area (Å²) >= 11 is 0. The predicted octanol–water partition coefficient (Wildman–Crippen LogP) is 3.09. The maximum Gasteiger partial charge on any atom is 0.315 e. The second-order valence-corrected chi connectivity index (χ2v) is 7.69. The van der Waals surface area contributed by atoms with Gasteiger partial charge in [-0.2, -0.15) is 0 Å². The monoisotopic (exact) mass is 388 g/mol. The van der Waals surface area contributed by atoms with Crippen LogP contribution in [0.15, 0.2) is 24.3 Å². The van der Waals surface area contributed by atoms with Crippen molar-refractivity contribution in [1.29, 1.82) is 0 Å². The molecule has 1 atom stereocenters. The lowest BCUT2D eigenvalue weighted by atomic mass is 10.0. The summed E-state index contributed by atoms with van der Waals surface area (Å²) in [6.45, 7) is 12.2. The first-order chi connectivity index (χ1) is 13.5. The second kappa shape index (κ2) is 11.7. The molecular weight excluding hydrogens is 352 g/mol. The molecule has 1 heterocycles. The molecule has 0 spiro atoms. The van der Waals surface area contributed by atoms with Crippen molar-refractivity contribution in [2.45, 2.75) is 46.6 Å². The molecule has 156 valence electrons. The number of carbonyl (C=O) groups excluding carboxylic acids is 2. The first kappa shape index (κ1) is 22.2. The fourth-order valence-corrected chi connectivity index (χ4v) is 3.70. The zero-order chi connectivity index (χ0) is 20.4. The topological polar surface area (TPSA) is 64.7 Å². The van der Waals surface area contributed by atoms with Crippen LogP contribution in [0.25, 0.3) is 0 Å². The molecule has 0 bridgehead atoms. The van der Waals surface area contributed by atoms with Crippen LogP contribution in [0.2, 0.25) is 0 Å². The van der Waals surface area contributed by atoms with Crippen LogP contribution in [-0.2, 0) is 6.54 Å². The lowest BCUT2D eigenvalue weighted by molar-refractivity contribution is 0.0773. The summed E-state index contributed by atoms with van der Waals surface area (Å²) in [5.74, 6) is 0.837. The summed E-state index contributed by atoms with van der Waals surface area (Å²) in [5, 5.41) is 5.81. The summed E-state index contributed by atoms with van der Waals surface area (Å²) in [4.78, 5) is 28.6. The number of benzene rings is 1. The molecule has 0 radical (unpaired) electrons. The molecule has 6 heteroatoms. The molecule has 2 rings (SSSR count). The Kier molecular flexibility index (Phi) is 9.28. The van der Waals surface area contributed by atoms with Crippen LogP contribution in [0.4, 0.5) is 4.79 Å². The molecule has 0 saturated carbocycles. The van der Waals surface area contributed by atoms with Crippen molar-refractivity contribution >= 4 is 11.9 Å². The number of piperidine rings is 1. The fraction of sp³-hybridized carbons (Fsp3) is 0.636. The van der Waals surface area contributed by atoms with Gasteiger partial charge in [-0.15, -0.1) is 0 Å². The summed E-state index contributed by atoms with van der Waals surface area (Å²) in [6.07, 6.45) is 3.60. The van der Waals surface area contributed by atoms with E-state index in [1.165, 1.54) is 25.9 Å². The first-order valence-electron chi connectivity index (χ1n) is 10.7. The minimum absolute atomic E-state index is 0.0466. The van der Waals surface area contributed by atoms with E-state index in [1.54, 1.807) is 4.90 Å². The van der Waals surface area contributed by atoms with E-state index in [0.29, 0.717) is 31.7 Å². The Morgan fingerprint density at radius 3 is 2.50 bits per heavy atom. The third-order valence-electron chi connectivity index (χ3n) is 5.38. The summed E-state index contributed by atoms with van der Waals surface area (Å²) < 4.78 is 0. The zero-order valence-electron chi connectivity index (χ0n) is 17.7. The molecule has 1 aliphatic heterocycles. The van der Waals surface area contributed by atoms with Gasteiger partial charge in [-0.05, 0) is 69.8 Å². The van der Waals surface area contributed by atoms with Crippen LogP contribution < -0.4 is 10.6 Å². The van der Waals surface area contributed by atoms with E-state index in [9.17, 15) is 9.59 Å². The maximum absolute atomic E-state index is 12.3. The Hall–Kier alpha value is -2.08. The highest BCUT2D eigenvalue weighted by molar-refractivity contribution is 5.94. The van der Waals surface area contributed by atoms with Gasteiger partial charge in [0.2, 0.25) is 0 Å². The molecule has 1 aliphatic rings. The smallest absolute Gasteiger partial charge is 0.315 e. The van der Waals surface area contributed by atoms with Crippen LogP contribution in [0.3, 0.4) is 0 Å². The molecule has 0 aromatic heterocycles. The van der Waals surface area contributed by atoms with Crippen LogP contribution in [0, 0.1) is 5.92 Å². The molecule has 1 aromatic rings. The number of rotatable bonds is 9. The van der Waals surface area contributed by atoms with Crippen molar-refractivity contribution in [3.63, 3.8) is 0 Å². The molecule has 1 aromatic carbocycles. The average Bonchev–Trinajstić information content (AvgIpc) is 2.71. The molecule has 6 nitrogen and oxygen atoms in total. The van der Waals surface area contributed by atoms with Crippen molar-refractivity contribution in [2.75, 3.05) is 39.3 Å². The lowest BCUT2D eigenvalue weighted by Gasteiger charge is -2.30. The van der Waals surface area contributed by atoms with Gasteiger partial charge in [0.1, 0.15) is 0 Å². The summed E-state index contributed by atoms with van der Waals surface area (Å²) in [5.41, 5.74) is 1.66. The number of hydrogen-bond donors (Lipinski definition) is 2. The highest BCUT2D eigenvalue weighted by Crippen LogP contribution is 2.15. The fourth-order valence-electron chi connectivity index (χ4n) is 3.70. The zero-order valence-corrected chi connectivity index (χ0v) is 17.7. The van der Waals surface area contributed by atoms with E-state index in [2.05, 4.69) is 22.5 Å². The largest absolute Gasteiger partial charge is 0.339 e. The van der Waals surface area contributed by atoms with E-state index in [0.717, 1.165) is 24.4 Å². The molecule has 1 saturated heterocycles. The quantitative estimate of drug-likeness (QED) is 0.639. The van der Waals surface area contributed by atoms with Crippen molar-refractivity contribution in [1.82, 2.24) is 20.4 Å². The van der Waals surface area contributed by atoms with Crippen LogP contribution >= 0.6 is 0 Å². The molecular formula is C22H36N4O2. The van der Waals surface area contributed by atoms with E-state index < -0.39 is 0 Å².